The zero-order chi connectivity index (χ0) is 20.5. The summed E-state index contributed by atoms with van der Waals surface area (Å²) in [5, 5.41) is 0.837. The van der Waals surface area contributed by atoms with Crippen LogP contribution in [0.3, 0.4) is 0 Å². The van der Waals surface area contributed by atoms with E-state index in [1.54, 1.807) is 6.33 Å². The van der Waals surface area contributed by atoms with Gasteiger partial charge in [0, 0.05) is 32.0 Å². The molecule has 154 valence electrons. The third-order valence-corrected chi connectivity index (χ3v) is 6.37. The number of amides is 1. The van der Waals surface area contributed by atoms with Crippen molar-refractivity contribution in [1.82, 2.24) is 14.5 Å². The number of ether oxygens (including phenoxy) is 1. The summed E-state index contributed by atoms with van der Waals surface area (Å²) < 4.78 is 7.85. The molecule has 1 saturated heterocycles. The summed E-state index contributed by atoms with van der Waals surface area (Å²) in [5.41, 5.74) is 15.1. The molecule has 4 heterocycles. The molecule has 3 aromatic rings. The number of primary amides is 1. The highest BCUT2D eigenvalue weighted by Crippen LogP contribution is 2.40. The number of hydrogen-bond donors (Lipinski definition) is 2. The fourth-order valence-electron chi connectivity index (χ4n) is 3.94. The van der Waals surface area contributed by atoms with Gasteiger partial charge in [-0.05, 0) is 31.7 Å². The average molecular weight is 415 g/mol. The van der Waals surface area contributed by atoms with Gasteiger partial charge in [-0.25, -0.2) is 9.97 Å². The second-order valence-electron chi connectivity index (χ2n) is 7.67. The Kier molecular flexibility index (Phi) is 5.42. The zero-order valence-electron chi connectivity index (χ0n) is 16.7. The third-order valence-electron chi connectivity index (χ3n) is 5.25. The van der Waals surface area contributed by atoms with Crippen molar-refractivity contribution in [3.8, 4) is 0 Å². The molecule has 0 saturated carbocycles. The van der Waals surface area contributed by atoms with Crippen molar-refractivity contribution in [1.29, 1.82) is 0 Å². The van der Waals surface area contributed by atoms with Crippen LogP contribution in [0.4, 0.5) is 11.4 Å². The van der Waals surface area contributed by atoms with Crippen LogP contribution in [0.25, 0.3) is 10.2 Å². The highest BCUT2D eigenvalue weighted by atomic mass is 32.1. The number of carbonyl (C=O) groups excluding carboxylic acids is 1. The van der Waals surface area contributed by atoms with Crippen molar-refractivity contribution >= 4 is 38.8 Å². The Bertz CT molecular complexity index is 1040. The van der Waals surface area contributed by atoms with Gasteiger partial charge in [0.25, 0.3) is 5.91 Å². The van der Waals surface area contributed by atoms with Gasteiger partial charge >= 0.3 is 0 Å². The molecule has 0 bridgehead atoms. The Morgan fingerprint density at radius 2 is 2.28 bits per heavy atom. The van der Waals surface area contributed by atoms with E-state index in [9.17, 15) is 4.79 Å². The molecule has 0 aliphatic carbocycles. The summed E-state index contributed by atoms with van der Waals surface area (Å²) in [6.45, 7) is 4.99. The van der Waals surface area contributed by atoms with Crippen molar-refractivity contribution in [2.75, 3.05) is 30.3 Å². The Balaban J connectivity index is 1.51. The smallest absolute Gasteiger partial charge is 0.260 e. The molecule has 1 amide bonds. The Hall–Kier alpha value is -2.65. The number of fused-ring (bicyclic) bond motifs is 1. The number of imidazole rings is 1. The van der Waals surface area contributed by atoms with E-state index in [-0.39, 0.29) is 0 Å². The van der Waals surface area contributed by atoms with E-state index in [1.807, 2.05) is 30.8 Å². The molecule has 8 nitrogen and oxygen atoms in total. The molecule has 4 rings (SSSR count). The van der Waals surface area contributed by atoms with Crippen molar-refractivity contribution in [3.63, 3.8) is 0 Å². The quantitative estimate of drug-likeness (QED) is 0.641. The Morgan fingerprint density at radius 3 is 3.00 bits per heavy atom. The summed E-state index contributed by atoms with van der Waals surface area (Å²) in [6, 6.07) is 2.05. The van der Waals surface area contributed by atoms with Crippen LogP contribution in [0.5, 0.6) is 0 Å². The fraction of sp³-hybridized carbons (Fsp3) is 0.450. The molecule has 0 aromatic carbocycles. The van der Waals surface area contributed by atoms with Crippen molar-refractivity contribution in [2.45, 2.75) is 26.4 Å². The standard InChI is InChI=1S/C20H26N6O2S/c1-12-6-15(16-17(21)18(19(22)27)29-20(16)24-12)26-5-3-4-13(7-26)9-28-10-14-8-25(2)11-23-14/h6,8,11,13H,3-5,7,9-10,21H2,1-2H3,(H2,22,27)/t13-/m0/s1. The molecular formula is C20H26N6O2S. The van der Waals surface area contributed by atoms with Gasteiger partial charge in [-0.2, -0.15) is 0 Å². The lowest BCUT2D eigenvalue weighted by Gasteiger charge is -2.35. The highest BCUT2D eigenvalue weighted by molar-refractivity contribution is 7.21. The van der Waals surface area contributed by atoms with Crippen LogP contribution in [-0.2, 0) is 18.4 Å². The maximum absolute atomic E-state index is 11.7. The maximum atomic E-state index is 11.7. The first-order chi connectivity index (χ1) is 13.9. The third kappa shape index (κ3) is 4.06. The number of piperidine rings is 1. The number of pyridine rings is 1. The Morgan fingerprint density at radius 1 is 1.45 bits per heavy atom. The van der Waals surface area contributed by atoms with Gasteiger partial charge in [0.2, 0.25) is 0 Å². The number of anilines is 2. The molecule has 3 aromatic heterocycles. The number of aryl methyl sites for hydroxylation is 2. The molecule has 4 N–H and O–H groups in total. The number of thiophene rings is 1. The van der Waals surface area contributed by atoms with Crippen LogP contribution in [0.15, 0.2) is 18.6 Å². The minimum atomic E-state index is -0.506. The molecular weight excluding hydrogens is 388 g/mol. The van der Waals surface area contributed by atoms with Crippen molar-refractivity contribution in [3.05, 3.63) is 34.9 Å². The van der Waals surface area contributed by atoms with E-state index in [0.29, 0.717) is 29.7 Å². The number of aromatic nitrogens is 3. The zero-order valence-corrected chi connectivity index (χ0v) is 17.5. The van der Waals surface area contributed by atoms with E-state index in [2.05, 4.69) is 14.9 Å². The van der Waals surface area contributed by atoms with E-state index in [4.69, 9.17) is 16.2 Å². The van der Waals surface area contributed by atoms with Crippen LogP contribution < -0.4 is 16.4 Å². The molecule has 0 radical (unpaired) electrons. The lowest BCUT2D eigenvalue weighted by molar-refractivity contribution is 0.0798. The van der Waals surface area contributed by atoms with E-state index in [0.717, 1.165) is 53.2 Å². The first-order valence-electron chi connectivity index (χ1n) is 9.71. The second-order valence-corrected chi connectivity index (χ2v) is 8.67. The van der Waals surface area contributed by atoms with Gasteiger partial charge in [0.15, 0.2) is 0 Å². The van der Waals surface area contributed by atoms with Crippen LogP contribution >= 0.6 is 11.3 Å². The maximum Gasteiger partial charge on any atom is 0.260 e. The van der Waals surface area contributed by atoms with Gasteiger partial charge in [-0.15, -0.1) is 11.3 Å². The minimum Gasteiger partial charge on any atom is -0.397 e. The van der Waals surface area contributed by atoms with Crippen LogP contribution in [0.2, 0.25) is 0 Å². The van der Waals surface area contributed by atoms with Crippen LogP contribution in [-0.4, -0.2) is 40.1 Å². The average Bonchev–Trinajstić information content (AvgIpc) is 3.24. The predicted octanol–water partition coefficient (Wildman–Crippen LogP) is 2.45. The first kappa shape index (κ1) is 19.7. The first-order valence-corrected chi connectivity index (χ1v) is 10.5. The van der Waals surface area contributed by atoms with Gasteiger partial charge in [0.05, 0.1) is 42.0 Å². The van der Waals surface area contributed by atoms with Gasteiger partial charge in [-0.1, -0.05) is 0 Å². The number of nitrogens with zero attached hydrogens (tertiary/aromatic N) is 4. The molecule has 0 spiro atoms. The van der Waals surface area contributed by atoms with Crippen molar-refractivity contribution < 1.29 is 9.53 Å². The monoisotopic (exact) mass is 414 g/mol. The van der Waals surface area contributed by atoms with E-state index < -0.39 is 5.91 Å². The summed E-state index contributed by atoms with van der Waals surface area (Å²) in [4.78, 5) is 24.1. The molecule has 1 fully saturated rings. The van der Waals surface area contributed by atoms with E-state index >= 15 is 0 Å². The van der Waals surface area contributed by atoms with Gasteiger partial charge in [0.1, 0.15) is 9.71 Å². The topological polar surface area (TPSA) is 112 Å². The van der Waals surface area contributed by atoms with Gasteiger partial charge in [-0.3, -0.25) is 4.79 Å². The number of rotatable bonds is 6. The summed E-state index contributed by atoms with van der Waals surface area (Å²) >= 11 is 1.27. The largest absolute Gasteiger partial charge is 0.397 e. The van der Waals surface area contributed by atoms with Crippen LogP contribution in [0, 0.1) is 12.8 Å². The Labute approximate surface area is 173 Å². The molecule has 9 heteroatoms. The summed E-state index contributed by atoms with van der Waals surface area (Å²) in [5.74, 6) is -0.0833. The molecule has 0 unspecified atom stereocenters. The lowest BCUT2D eigenvalue weighted by atomic mass is 9.98. The SMILES string of the molecule is Cc1cc(N2CCC[C@H](COCc3cn(C)cn3)C2)c2c(N)c(C(N)=O)sc2n1. The predicted molar refractivity (Wildman–Crippen MR) is 115 cm³/mol. The molecule has 1 aliphatic rings. The van der Waals surface area contributed by atoms with Gasteiger partial charge < -0.3 is 25.7 Å². The fourth-order valence-corrected chi connectivity index (χ4v) is 4.96. The normalized spacial score (nSPS) is 17.2. The minimum absolute atomic E-state index is 0.381. The lowest BCUT2D eigenvalue weighted by Crippen LogP contribution is -2.37. The molecule has 1 aliphatic heterocycles. The number of carbonyl (C=O) groups is 1. The molecule has 29 heavy (non-hydrogen) atoms. The summed E-state index contributed by atoms with van der Waals surface area (Å²) in [6.07, 6.45) is 5.95. The second kappa shape index (κ2) is 8.00. The van der Waals surface area contributed by atoms with Crippen LogP contribution in [0.1, 0.15) is 33.9 Å². The number of nitrogens with two attached hydrogens (primary N) is 2. The summed E-state index contributed by atoms with van der Waals surface area (Å²) in [7, 11) is 1.95. The highest BCUT2D eigenvalue weighted by Gasteiger charge is 2.25. The van der Waals surface area contributed by atoms with Crippen molar-refractivity contribution in [2.24, 2.45) is 18.7 Å². The van der Waals surface area contributed by atoms with E-state index in [1.165, 1.54) is 11.3 Å². The molecule has 1 atom stereocenters. The number of hydrogen-bond acceptors (Lipinski definition) is 7. The number of nitrogen functional groups attached to an aromatic ring is 1.